The van der Waals surface area contributed by atoms with Gasteiger partial charge in [0.25, 0.3) is 0 Å². The van der Waals surface area contributed by atoms with Gasteiger partial charge in [-0.05, 0) is 38.3 Å². The highest BCUT2D eigenvalue weighted by Gasteiger charge is 2.40. The van der Waals surface area contributed by atoms with Crippen LogP contribution in [0.1, 0.15) is 53.5 Å². The van der Waals surface area contributed by atoms with Gasteiger partial charge >= 0.3 is 5.97 Å². The predicted molar refractivity (Wildman–Crippen MR) is 99.6 cm³/mol. The quantitative estimate of drug-likeness (QED) is 0.734. The van der Waals surface area contributed by atoms with E-state index < -0.39 is 5.79 Å². The third kappa shape index (κ3) is 3.89. The number of hydrogen-bond acceptors (Lipinski definition) is 5. The second kappa shape index (κ2) is 8.02. The lowest BCUT2D eigenvalue weighted by Crippen LogP contribution is -2.47. The van der Waals surface area contributed by atoms with Crippen LogP contribution in [0.25, 0.3) is 0 Å². The Bertz CT molecular complexity index is 708. The molecule has 1 spiro atoms. The van der Waals surface area contributed by atoms with Gasteiger partial charge in [-0.25, -0.2) is 4.79 Å². The molecule has 3 rings (SSSR count). The van der Waals surface area contributed by atoms with Crippen LogP contribution in [0.15, 0.2) is 0 Å². The number of nitrogens with zero attached hydrogens (tertiary/aromatic N) is 2. The Morgan fingerprint density at radius 1 is 1.15 bits per heavy atom. The molecule has 150 valence electrons. The minimum absolute atomic E-state index is 0.142. The number of hydrogen-bond donors (Lipinski definition) is 0. The van der Waals surface area contributed by atoms with Crippen LogP contribution in [-0.2, 0) is 32.5 Å². The number of carbonyl (C=O) groups excluding carboxylic acids is 2. The fourth-order valence-electron chi connectivity index (χ4n) is 4.17. The predicted octanol–water partition coefficient (Wildman–Crippen LogP) is 2.12. The highest BCUT2D eigenvalue weighted by molar-refractivity contribution is 5.90. The summed E-state index contributed by atoms with van der Waals surface area (Å²) in [5, 5.41) is 0. The van der Waals surface area contributed by atoms with Gasteiger partial charge in [0, 0.05) is 45.1 Å². The largest absolute Gasteiger partial charge is 0.461 e. The number of likely N-dealkylation sites (tertiary alicyclic amines) is 1. The van der Waals surface area contributed by atoms with Crippen molar-refractivity contribution in [3.05, 3.63) is 22.5 Å². The van der Waals surface area contributed by atoms with Gasteiger partial charge in [0.15, 0.2) is 5.79 Å². The van der Waals surface area contributed by atoms with Crippen LogP contribution in [0, 0.1) is 13.8 Å². The minimum atomic E-state index is -0.460. The maximum Gasteiger partial charge on any atom is 0.355 e. The number of aromatic nitrogens is 1. The molecule has 0 N–H and O–H groups in total. The van der Waals surface area contributed by atoms with Gasteiger partial charge < -0.3 is 23.7 Å². The molecule has 7 heteroatoms. The van der Waals surface area contributed by atoms with Crippen molar-refractivity contribution in [3.63, 3.8) is 0 Å². The molecule has 1 aromatic rings. The molecule has 3 heterocycles. The van der Waals surface area contributed by atoms with Crippen LogP contribution in [0.4, 0.5) is 0 Å². The molecular weight excluding hydrogens is 348 g/mol. The van der Waals surface area contributed by atoms with Crippen LogP contribution in [0.5, 0.6) is 0 Å². The Morgan fingerprint density at radius 3 is 2.37 bits per heavy atom. The molecule has 7 nitrogen and oxygen atoms in total. The summed E-state index contributed by atoms with van der Waals surface area (Å²) in [6.45, 7) is 8.67. The summed E-state index contributed by atoms with van der Waals surface area (Å²) in [6, 6.07) is 0. The first-order valence-corrected chi connectivity index (χ1v) is 9.76. The molecule has 0 unspecified atom stereocenters. The Morgan fingerprint density at radius 2 is 1.78 bits per heavy atom. The molecule has 0 radical (unpaired) electrons. The average Bonchev–Trinajstić information content (AvgIpc) is 3.18. The van der Waals surface area contributed by atoms with Gasteiger partial charge in [0.05, 0.1) is 19.8 Å². The minimum Gasteiger partial charge on any atom is -0.461 e. The SMILES string of the molecule is CCOC(=O)c1c(C)c(CCC(=O)N2CCC3(CC2)OCCO3)c(C)n1C. The zero-order valence-electron chi connectivity index (χ0n) is 16.8. The molecule has 1 aromatic heterocycles. The summed E-state index contributed by atoms with van der Waals surface area (Å²) in [5.41, 5.74) is 3.55. The van der Waals surface area contributed by atoms with E-state index in [1.807, 2.05) is 30.4 Å². The molecule has 2 saturated heterocycles. The Labute approximate surface area is 160 Å². The first-order chi connectivity index (χ1) is 12.9. The van der Waals surface area contributed by atoms with E-state index in [1.54, 1.807) is 6.92 Å². The molecular formula is C20H30N2O5. The lowest BCUT2D eigenvalue weighted by molar-refractivity contribution is -0.187. The van der Waals surface area contributed by atoms with Crippen molar-refractivity contribution in [2.75, 3.05) is 32.9 Å². The molecule has 2 aliphatic rings. The van der Waals surface area contributed by atoms with Crippen molar-refractivity contribution in [2.24, 2.45) is 7.05 Å². The van der Waals surface area contributed by atoms with E-state index in [-0.39, 0.29) is 11.9 Å². The normalized spacial score (nSPS) is 18.9. The van der Waals surface area contributed by atoms with Gasteiger partial charge in [-0.3, -0.25) is 4.79 Å². The van der Waals surface area contributed by atoms with E-state index in [9.17, 15) is 9.59 Å². The van der Waals surface area contributed by atoms with Crippen LogP contribution in [-0.4, -0.2) is 60.0 Å². The maximum atomic E-state index is 12.7. The molecule has 0 atom stereocenters. The second-order valence-corrected chi connectivity index (χ2v) is 7.31. The Hall–Kier alpha value is -1.86. The van der Waals surface area contributed by atoms with Gasteiger partial charge in [-0.2, -0.15) is 0 Å². The van der Waals surface area contributed by atoms with Crippen LogP contribution in [0.2, 0.25) is 0 Å². The van der Waals surface area contributed by atoms with Gasteiger partial charge in [-0.1, -0.05) is 0 Å². The monoisotopic (exact) mass is 378 g/mol. The molecule has 0 bridgehead atoms. The topological polar surface area (TPSA) is 70.0 Å². The van der Waals surface area contributed by atoms with E-state index >= 15 is 0 Å². The smallest absolute Gasteiger partial charge is 0.355 e. The van der Waals surface area contributed by atoms with E-state index in [0.29, 0.717) is 51.4 Å². The Balaban J connectivity index is 1.61. The molecule has 27 heavy (non-hydrogen) atoms. The van der Waals surface area contributed by atoms with Crippen molar-refractivity contribution in [1.29, 1.82) is 0 Å². The van der Waals surface area contributed by atoms with Crippen molar-refractivity contribution in [1.82, 2.24) is 9.47 Å². The summed E-state index contributed by atoms with van der Waals surface area (Å²) in [6.07, 6.45) is 2.52. The standard InChI is InChI=1S/C20H30N2O5/c1-5-25-19(24)18-14(2)16(15(3)21(18)4)6-7-17(23)22-10-8-20(9-11-22)26-12-13-27-20/h5-13H2,1-4H3. The van der Waals surface area contributed by atoms with Crippen molar-refractivity contribution in [3.8, 4) is 0 Å². The van der Waals surface area contributed by atoms with Gasteiger partial charge in [0.1, 0.15) is 5.69 Å². The second-order valence-electron chi connectivity index (χ2n) is 7.31. The number of ether oxygens (including phenoxy) is 3. The summed E-state index contributed by atoms with van der Waals surface area (Å²) in [5.74, 6) is -0.628. The third-order valence-corrected chi connectivity index (χ3v) is 5.83. The van der Waals surface area contributed by atoms with Gasteiger partial charge in [0.2, 0.25) is 5.91 Å². The number of esters is 1. The first-order valence-electron chi connectivity index (χ1n) is 9.76. The van der Waals surface area contributed by atoms with Crippen LogP contribution < -0.4 is 0 Å². The molecule has 0 aromatic carbocycles. The zero-order chi connectivity index (χ0) is 19.6. The van der Waals surface area contributed by atoms with Crippen LogP contribution >= 0.6 is 0 Å². The molecule has 2 fully saturated rings. The summed E-state index contributed by atoms with van der Waals surface area (Å²) in [7, 11) is 1.87. The fourth-order valence-corrected chi connectivity index (χ4v) is 4.17. The van der Waals surface area contributed by atoms with Crippen molar-refractivity contribution in [2.45, 2.75) is 52.2 Å². The van der Waals surface area contributed by atoms with Gasteiger partial charge in [-0.15, -0.1) is 0 Å². The van der Waals surface area contributed by atoms with E-state index in [4.69, 9.17) is 14.2 Å². The highest BCUT2D eigenvalue weighted by atomic mass is 16.7. The summed E-state index contributed by atoms with van der Waals surface area (Å²) in [4.78, 5) is 26.8. The van der Waals surface area contributed by atoms with E-state index in [1.165, 1.54) is 0 Å². The van der Waals surface area contributed by atoms with Crippen molar-refractivity contribution < 1.29 is 23.8 Å². The van der Waals surface area contributed by atoms with Crippen LogP contribution in [0.3, 0.4) is 0 Å². The van der Waals surface area contributed by atoms with E-state index in [2.05, 4.69) is 0 Å². The molecule has 2 aliphatic heterocycles. The zero-order valence-corrected chi connectivity index (χ0v) is 16.8. The third-order valence-electron chi connectivity index (χ3n) is 5.83. The molecule has 1 amide bonds. The fraction of sp³-hybridized carbons (Fsp3) is 0.700. The first kappa shape index (κ1) is 19.9. The summed E-state index contributed by atoms with van der Waals surface area (Å²) >= 11 is 0. The highest BCUT2D eigenvalue weighted by Crippen LogP contribution is 2.31. The lowest BCUT2D eigenvalue weighted by atomic mass is 10.0. The average molecular weight is 378 g/mol. The molecule has 0 saturated carbocycles. The number of amides is 1. The molecule has 0 aliphatic carbocycles. The summed E-state index contributed by atoms with van der Waals surface area (Å²) < 4.78 is 18.5. The lowest BCUT2D eigenvalue weighted by Gasteiger charge is -2.37. The van der Waals surface area contributed by atoms with E-state index in [0.717, 1.165) is 29.7 Å². The number of piperidine rings is 1. The number of rotatable bonds is 5. The Kier molecular flexibility index (Phi) is 5.91. The van der Waals surface area contributed by atoms with Crippen molar-refractivity contribution >= 4 is 11.9 Å². The maximum absolute atomic E-state index is 12.7. The number of carbonyl (C=O) groups is 2.